The summed E-state index contributed by atoms with van der Waals surface area (Å²) in [6.07, 6.45) is -0.757. The Morgan fingerprint density at radius 2 is 1.42 bits per heavy atom. The maximum atomic E-state index is 13.0. The summed E-state index contributed by atoms with van der Waals surface area (Å²) in [5.41, 5.74) is 3.14. The van der Waals surface area contributed by atoms with Gasteiger partial charge in [0.25, 0.3) is 5.91 Å². The van der Waals surface area contributed by atoms with E-state index in [1.54, 1.807) is 12.1 Å². The average Bonchev–Trinajstić information content (AvgIpc) is 2.86. The largest absolute Gasteiger partial charge is 0.478 e. The molecular formula is C27H27N3O3. The van der Waals surface area contributed by atoms with Crippen molar-refractivity contribution in [3.63, 3.8) is 0 Å². The molecular weight excluding hydrogens is 414 g/mol. The third-order valence-corrected chi connectivity index (χ3v) is 6.33. The van der Waals surface area contributed by atoms with Gasteiger partial charge in [-0.25, -0.2) is 0 Å². The number of fused-ring (bicyclic) bond motifs is 1. The number of nitrogens with zero attached hydrogens (tertiary/aromatic N) is 2. The minimum atomic E-state index is -0.799. The lowest BCUT2D eigenvalue weighted by atomic mass is 9.96. The number of ether oxygens (including phenoxy) is 1. The van der Waals surface area contributed by atoms with Crippen LogP contribution in [0.1, 0.15) is 23.6 Å². The summed E-state index contributed by atoms with van der Waals surface area (Å²) in [6.45, 7) is 2.78. The maximum absolute atomic E-state index is 13.0. The van der Waals surface area contributed by atoms with E-state index < -0.39 is 6.10 Å². The minimum absolute atomic E-state index is 0.0426. The lowest BCUT2D eigenvalue weighted by molar-refractivity contribution is -0.138. The van der Waals surface area contributed by atoms with Crippen molar-refractivity contribution in [1.29, 1.82) is 0 Å². The summed E-state index contributed by atoms with van der Waals surface area (Å²) in [5, 5.41) is 2.83. The summed E-state index contributed by atoms with van der Waals surface area (Å²) >= 11 is 0. The van der Waals surface area contributed by atoms with Crippen molar-refractivity contribution < 1.29 is 14.3 Å². The topological polar surface area (TPSA) is 61.9 Å². The number of hydrogen-bond acceptors (Lipinski definition) is 4. The Balaban J connectivity index is 1.24. The van der Waals surface area contributed by atoms with Crippen LogP contribution in [0.5, 0.6) is 5.75 Å². The van der Waals surface area contributed by atoms with Crippen LogP contribution in [0.25, 0.3) is 0 Å². The average molecular weight is 442 g/mol. The van der Waals surface area contributed by atoms with Crippen LogP contribution in [0.4, 0.5) is 5.69 Å². The number of nitrogens with one attached hydrogen (secondary N) is 1. The van der Waals surface area contributed by atoms with E-state index in [-0.39, 0.29) is 24.3 Å². The zero-order chi connectivity index (χ0) is 22.6. The molecule has 2 amide bonds. The highest BCUT2D eigenvalue weighted by molar-refractivity contribution is 5.99. The highest BCUT2D eigenvalue weighted by Crippen LogP contribution is 2.31. The molecule has 6 heteroatoms. The Labute approximate surface area is 193 Å². The molecule has 33 heavy (non-hydrogen) atoms. The van der Waals surface area contributed by atoms with Crippen LogP contribution in [-0.2, 0) is 9.59 Å². The highest BCUT2D eigenvalue weighted by atomic mass is 16.5. The molecule has 0 bridgehead atoms. The molecule has 1 atom stereocenters. The molecule has 0 aromatic heterocycles. The van der Waals surface area contributed by atoms with Gasteiger partial charge in [-0.15, -0.1) is 0 Å². The Hall–Kier alpha value is -3.64. The molecule has 1 saturated heterocycles. The van der Waals surface area contributed by atoms with Gasteiger partial charge in [0, 0.05) is 26.2 Å². The first-order valence-corrected chi connectivity index (χ1v) is 11.4. The number of anilines is 1. The Morgan fingerprint density at radius 1 is 0.848 bits per heavy atom. The van der Waals surface area contributed by atoms with Gasteiger partial charge in [0.15, 0.2) is 6.10 Å². The van der Waals surface area contributed by atoms with Crippen LogP contribution < -0.4 is 10.1 Å². The Kier molecular flexibility index (Phi) is 6.09. The van der Waals surface area contributed by atoms with Crippen LogP contribution >= 0.6 is 0 Å². The molecule has 3 aromatic rings. The van der Waals surface area contributed by atoms with Gasteiger partial charge >= 0.3 is 0 Å². The van der Waals surface area contributed by atoms with Gasteiger partial charge in [0.2, 0.25) is 5.91 Å². The number of benzene rings is 3. The third kappa shape index (κ3) is 4.61. The van der Waals surface area contributed by atoms with E-state index >= 15 is 0 Å². The molecule has 6 nitrogen and oxygen atoms in total. The first-order chi connectivity index (χ1) is 16.2. The van der Waals surface area contributed by atoms with Gasteiger partial charge < -0.3 is 15.0 Å². The molecule has 2 aliphatic heterocycles. The molecule has 168 valence electrons. The summed E-state index contributed by atoms with van der Waals surface area (Å²) in [7, 11) is 0. The van der Waals surface area contributed by atoms with Crippen LogP contribution in [0.2, 0.25) is 0 Å². The highest BCUT2D eigenvalue weighted by Gasteiger charge is 2.33. The number of carbonyl (C=O) groups is 2. The molecule has 2 aliphatic rings. The predicted octanol–water partition coefficient (Wildman–Crippen LogP) is 3.71. The first kappa shape index (κ1) is 21.2. The number of piperazine rings is 1. The standard InChI is InChI=1S/C27H27N3O3/c31-25(19-24-27(32)28-22-13-7-8-14-23(22)33-24)29-15-17-30(18-16-29)26(20-9-3-1-4-10-20)21-11-5-2-6-12-21/h1-14,24,26H,15-19H2,(H,28,32)/t24-/m0/s1. The zero-order valence-electron chi connectivity index (χ0n) is 18.4. The summed E-state index contributed by atoms with van der Waals surface area (Å²) in [6, 6.07) is 28.4. The SMILES string of the molecule is O=C1Nc2ccccc2O[C@H]1CC(=O)N1CCN(C(c2ccccc2)c2ccccc2)CC1. The Bertz CT molecular complexity index is 1070. The number of amides is 2. The maximum Gasteiger partial charge on any atom is 0.266 e. The van der Waals surface area contributed by atoms with E-state index in [9.17, 15) is 9.59 Å². The van der Waals surface area contributed by atoms with E-state index in [1.807, 2.05) is 29.2 Å². The van der Waals surface area contributed by atoms with Crippen LogP contribution in [0.15, 0.2) is 84.9 Å². The number of carbonyl (C=O) groups excluding carboxylic acids is 2. The van der Waals surface area contributed by atoms with Crippen LogP contribution in [0.3, 0.4) is 0 Å². The van der Waals surface area contributed by atoms with E-state index in [2.05, 4.69) is 58.7 Å². The molecule has 1 fully saturated rings. The fourth-order valence-corrected chi connectivity index (χ4v) is 4.63. The summed E-state index contributed by atoms with van der Waals surface area (Å²) in [4.78, 5) is 29.7. The molecule has 0 spiro atoms. The number of rotatable bonds is 5. The summed E-state index contributed by atoms with van der Waals surface area (Å²) in [5.74, 6) is 0.285. The van der Waals surface area contributed by atoms with Crippen molar-refractivity contribution in [2.45, 2.75) is 18.6 Å². The van der Waals surface area contributed by atoms with Crippen molar-refractivity contribution in [2.75, 3.05) is 31.5 Å². The van der Waals surface area contributed by atoms with Crippen LogP contribution in [-0.4, -0.2) is 53.9 Å². The van der Waals surface area contributed by atoms with Crippen molar-refractivity contribution in [3.8, 4) is 5.75 Å². The molecule has 0 aliphatic carbocycles. The van der Waals surface area contributed by atoms with E-state index in [4.69, 9.17) is 4.74 Å². The molecule has 0 radical (unpaired) electrons. The van der Waals surface area contributed by atoms with Crippen molar-refractivity contribution in [3.05, 3.63) is 96.1 Å². The van der Waals surface area contributed by atoms with Crippen molar-refractivity contribution in [2.24, 2.45) is 0 Å². The molecule has 5 rings (SSSR count). The fraction of sp³-hybridized carbons (Fsp3) is 0.259. The summed E-state index contributed by atoms with van der Waals surface area (Å²) < 4.78 is 5.81. The predicted molar refractivity (Wildman–Crippen MR) is 127 cm³/mol. The lowest BCUT2D eigenvalue weighted by Crippen LogP contribution is -2.51. The van der Waals surface area contributed by atoms with Gasteiger partial charge in [-0.3, -0.25) is 14.5 Å². The van der Waals surface area contributed by atoms with E-state index in [1.165, 1.54) is 11.1 Å². The number of hydrogen-bond donors (Lipinski definition) is 1. The molecule has 3 aromatic carbocycles. The molecule has 1 N–H and O–H groups in total. The van der Waals surface area contributed by atoms with Gasteiger partial charge in [0.05, 0.1) is 18.2 Å². The second-order valence-corrected chi connectivity index (χ2v) is 8.44. The molecule has 0 unspecified atom stereocenters. The fourth-order valence-electron chi connectivity index (χ4n) is 4.63. The van der Waals surface area contributed by atoms with Gasteiger partial charge in [-0.05, 0) is 23.3 Å². The van der Waals surface area contributed by atoms with Gasteiger partial charge in [0.1, 0.15) is 5.75 Å². The van der Waals surface area contributed by atoms with E-state index in [0.717, 1.165) is 13.1 Å². The quantitative estimate of drug-likeness (QED) is 0.656. The number of para-hydroxylation sites is 2. The Morgan fingerprint density at radius 3 is 2.06 bits per heavy atom. The minimum Gasteiger partial charge on any atom is -0.478 e. The molecule has 2 heterocycles. The normalized spacial score (nSPS) is 18.4. The molecule has 0 saturated carbocycles. The zero-order valence-corrected chi connectivity index (χ0v) is 18.4. The van der Waals surface area contributed by atoms with Gasteiger partial charge in [-0.1, -0.05) is 72.8 Å². The lowest BCUT2D eigenvalue weighted by Gasteiger charge is -2.40. The first-order valence-electron chi connectivity index (χ1n) is 11.4. The van der Waals surface area contributed by atoms with Crippen molar-refractivity contribution >= 4 is 17.5 Å². The van der Waals surface area contributed by atoms with Crippen LogP contribution in [0, 0.1) is 0 Å². The third-order valence-electron chi connectivity index (χ3n) is 6.33. The monoisotopic (exact) mass is 441 g/mol. The second kappa shape index (κ2) is 9.46. The van der Waals surface area contributed by atoms with Crippen molar-refractivity contribution in [1.82, 2.24) is 9.80 Å². The smallest absolute Gasteiger partial charge is 0.266 e. The van der Waals surface area contributed by atoms with Gasteiger partial charge in [-0.2, -0.15) is 0 Å². The second-order valence-electron chi connectivity index (χ2n) is 8.44. The van der Waals surface area contributed by atoms with E-state index in [0.29, 0.717) is 24.5 Å².